The Morgan fingerprint density at radius 1 is 1.12 bits per heavy atom. The molecule has 3 heterocycles. The third-order valence-electron chi connectivity index (χ3n) is 4.75. The van der Waals surface area contributed by atoms with E-state index in [9.17, 15) is 13.2 Å². The Bertz CT molecular complexity index is 930. The van der Waals surface area contributed by atoms with Gasteiger partial charge in [0, 0.05) is 41.6 Å². The number of carbonyl (C=O) groups is 1. The van der Waals surface area contributed by atoms with Crippen LogP contribution in [0.3, 0.4) is 0 Å². The van der Waals surface area contributed by atoms with Gasteiger partial charge in [0.25, 0.3) is 0 Å². The average Bonchev–Trinajstić information content (AvgIpc) is 3.12. The Kier molecular flexibility index (Phi) is 4.25. The number of fused-ring (bicyclic) bond motifs is 1. The molecule has 2 fully saturated rings. The number of benzene rings is 1. The Morgan fingerprint density at radius 3 is 2.48 bits per heavy atom. The minimum Gasteiger partial charge on any atom is -0.340 e. The number of carbonyl (C=O) groups excluding carboxylic acids is 1. The molecule has 25 heavy (non-hydrogen) atoms. The number of hydrogen-bond donors (Lipinski definition) is 2. The van der Waals surface area contributed by atoms with Crippen LogP contribution in [0.4, 0.5) is 10.6 Å². The van der Waals surface area contributed by atoms with Crippen LogP contribution in [-0.4, -0.2) is 54.8 Å². The predicted molar refractivity (Wildman–Crippen MR) is 99.2 cm³/mol. The summed E-state index contributed by atoms with van der Waals surface area (Å²) in [5.41, 5.74) is 0.680. The number of nitrogens with one attached hydrogen (secondary N) is 2. The summed E-state index contributed by atoms with van der Waals surface area (Å²) in [6.45, 7) is 2.43. The fraction of sp³-hybridized carbons (Fsp3) is 0.438. The molecule has 9 heteroatoms. The maximum atomic E-state index is 13.2. The van der Waals surface area contributed by atoms with Crippen molar-refractivity contribution in [3.05, 3.63) is 22.7 Å². The number of sulfonamides is 1. The smallest absolute Gasteiger partial charge is 0.322 e. The number of H-pyrrole nitrogens is 1. The van der Waals surface area contributed by atoms with Gasteiger partial charge in [-0.3, -0.25) is 5.32 Å². The van der Waals surface area contributed by atoms with Crippen molar-refractivity contribution in [2.45, 2.75) is 24.2 Å². The zero-order valence-electron chi connectivity index (χ0n) is 13.6. The molecule has 2 aliphatic heterocycles. The van der Waals surface area contributed by atoms with Crippen LogP contribution in [0, 0.1) is 0 Å². The highest BCUT2D eigenvalue weighted by Crippen LogP contribution is 2.35. The number of rotatable bonds is 3. The van der Waals surface area contributed by atoms with E-state index in [1.165, 1.54) is 4.31 Å². The van der Waals surface area contributed by atoms with Crippen molar-refractivity contribution in [1.29, 1.82) is 0 Å². The van der Waals surface area contributed by atoms with Crippen molar-refractivity contribution in [2.75, 3.05) is 31.5 Å². The van der Waals surface area contributed by atoms with Gasteiger partial charge in [-0.2, -0.15) is 4.31 Å². The van der Waals surface area contributed by atoms with Gasteiger partial charge < -0.3 is 9.88 Å². The van der Waals surface area contributed by atoms with Crippen LogP contribution in [0.2, 0.25) is 0 Å². The summed E-state index contributed by atoms with van der Waals surface area (Å²) in [7, 11) is -3.68. The van der Waals surface area contributed by atoms with E-state index in [0.29, 0.717) is 37.1 Å². The molecule has 2 aromatic rings. The predicted octanol–water partition coefficient (Wildman–Crippen LogP) is 2.95. The molecule has 4 rings (SSSR count). The molecule has 0 atom stereocenters. The summed E-state index contributed by atoms with van der Waals surface area (Å²) in [5.74, 6) is 0.247. The summed E-state index contributed by atoms with van der Waals surface area (Å²) in [6.07, 6.45) is 2.70. The Labute approximate surface area is 154 Å². The van der Waals surface area contributed by atoms with Crippen LogP contribution in [0.25, 0.3) is 10.9 Å². The molecular weight excluding hydrogens is 408 g/mol. The van der Waals surface area contributed by atoms with Crippen LogP contribution >= 0.6 is 15.9 Å². The van der Waals surface area contributed by atoms with Gasteiger partial charge in [-0.1, -0.05) is 15.9 Å². The van der Waals surface area contributed by atoms with Crippen molar-refractivity contribution in [3.8, 4) is 0 Å². The molecule has 7 nitrogen and oxygen atoms in total. The number of aromatic amines is 1. The average molecular weight is 427 g/mol. The SMILES string of the molecule is O=C(Nc1[nH]c2ccc(Br)cc2c1S(=O)(=O)N1CCCC1)N1CCC1. The molecule has 0 aliphatic carbocycles. The van der Waals surface area contributed by atoms with Crippen molar-refractivity contribution < 1.29 is 13.2 Å². The highest BCUT2D eigenvalue weighted by molar-refractivity contribution is 9.10. The highest BCUT2D eigenvalue weighted by Gasteiger charge is 2.34. The zero-order chi connectivity index (χ0) is 17.6. The third kappa shape index (κ3) is 2.94. The lowest BCUT2D eigenvalue weighted by Crippen LogP contribution is -2.44. The summed E-state index contributed by atoms with van der Waals surface area (Å²) in [5, 5.41) is 3.34. The van der Waals surface area contributed by atoms with Crippen molar-refractivity contribution in [3.63, 3.8) is 0 Å². The maximum Gasteiger partial charge on any atom is 0.322 e. The van der Waals surface area contributed by atoms with E-state index in [0.717, 1.165) is 23.7 Å². The lowest BCUT2D eigenvalue weighted by Gasteiger charge is -2.30. The molecule has 2 N–H and O–H groups in total. The van der Waals surface area contributed by atoms with Crippen LogP contribution in [-0.2, 0) is 10.0 Å². The van der Waals surface area contributed by atoms with Gasteiger partial charge in [-0.05, 0) is 37.5 Å². The molecule has 1 aromatic heterocycles. The Hall–Kier alpha value is -1.58. The highest BCUT2D eigenvalue weighted by atomic mass is 79.9. The van der Waals surface area contributed by atoms with Gasteiger partial charge in [0.15, 0.2) is 0 Å². The summed E-state index contributed by atoms with van der Waals surface area (Å²) < 4.78 is 28.7. The monoisotopic (exact) mass is 426 g/mol. The van der Waals surface area contributed by atoms with E-state index in [-0.39, 0.29) is 16.7 Å². The largest absolute Gasteiger partial charge is 0.340 e. The van der Waals surface area contributed by atoms with Crippen LogP contribution in [0.1, 0.15) is 19.3 Å². The normalized spacial score (nSPS) is 18.5. The second-order valence-electron chi connectivity index (χ2n) is 6.40. The molecule has 0 spiro atoms. The van der Waals surface area contributed by atoms with E-state index < -0.39 is 10.0 Å². The molecular formula is C16H19BrN4O3S. The number of likely N-dealkylation sites (tertiary alicyclic amines) is 1. The van der Waals surface area contributed by atoms with Crippen molar-refractivity contribution in [2.24, 2.45) is 0 Å². The fourth-order valence-corrected chi connectivity index (χ4v) is 5.42. The summed E-state index contributed by atoms with van der Waals surface area (Å²) in [4.78, 5) is 17.2. The van der Waals surface area contributed by atoms with Gasteiger partial charge in [-0.25, -0.2) is 13.2 Å². The summed E-state index contributed by atoms with van der Waals surface area (Å²) in [6, 6.07) is 5.15. The number of urea groups is 1. The van der Waals surface area contributed by atoms with Crippen LogP contribution in [0.5, 0.6) is 0 Å². The van der Waals surface area contributed by atoms with E-state index >= 15 is 0 Å². The quantitative estimate of drug-likeness (QED) is 0.790. The van der Waals surface area contributed by atoms with Crippen molar-refractivity contribution in [1.82, 2.24) is 14.2 Å². The second kappa shape index (κ2) is 6.30. The first-order valence-electron chi connectivity index (χ1n) is 8.34. The minimum absolute atomic E-state index is 0.152. The van der Waals surface area contributed by atoms with Gasteiger partial charge in [0.05, 0.1) is 0 Å². The molecule has 0 radical (unpaired) electrons. The molecule has 134 valence electrons. The standard InChI is InChI=1S/C16H19BrN4O3S/c17-11-4-5-13-12(10-11)14(25(23,24)21-8-1-2-9-21)15(18-13)19-16(22)20-6-3-7-20/h4-5,10,18H,1-3,6-9H2,(H,19,22). The number of hydrogen-bond acceptors (Lipinski definition) is 3. The molecule has 0 unspecified atom stereocenters. The topological polar surface area (TPSA) is 85.5 Å². The van der Waals surface area contributed by atoms with E-state index in [4.69, 9.17) is 0 Å². The number of amides is 2. The lowest BCUT2D eigenvalue weighted by molar-refractivity contribution is 0.181. The number of aromatic nitrogens is 1. The van der Waals surface area contributed by atoms with Crippen LogP contribution in [0.15, 0.2) is 27.6 Å². The van der Waals surface area contributed by atoms with E-state index in [1.807, 2.05) is 12.1 Å². The first-order valence-corrected chi connectivity index (χ1v) is 10.6. The van der Waals surface area contributed by atoms with E-state index in [1.54, 1.807) is 11.0 Å². The molecule has 2 aliphatic rings. The van der Waals surface area contributed by atoms with Gasteiger partial charge in [0.2, 0.25) is 10.0 Å². The first kappa shape index (κ1) is 16.9. The molecule has 0 saturated carbocycles. The lowest BCUT2D eigenvalue weighted by atomic mass is 10.2. The Balaban J connectivity index is 1.82. The number of halogens is 1. The molecule has 2 saturated heterocycles. The Morgan fingerprint density at radius 2 is 1.84 bits per heavy atom. The molecule has 0 bridgehead atoms. The fourth-order valence-electron chi connectivity index (χ4n) is 3.26. The van der Waals surface area contributed by atoms with E-state index in [2.05, 4.69) is 26.2 Å². The zero-order valence-corrected chi connectivity index (χ0v) is 16.0. The minimum atomic E-state index is -3.68. The van der Waals surface area contributed by atoms with Crippen LogP contribution < -0.4 is 5.32 Å². The molecule has 1 aromatic carbocycles. The van der Waals surface area contributed by atoms with Gasteiger partial charge in [0.1, 0.15) is 10.7 Å². The van der Waals surface area contributed by atoms with Gasteiger partial charge in [-0.15, -0.1) is 0 Å². The maximum absolute atomic E-state index is 13.2. The molecule has 2 amide bonds. The van der Waals surface area contributed by atoms with Gasteiger partial charge >= 0.3 is 6.03 Å². The second-order valence-corrected chi connectivity index (χ2v) is 9.19. The number of anilines is 1. The number of nitrogens with zero attached hydrogens (tertiary/aromatic N) is 2. The summed E-state index contributed by atoms with van der Waals surface area (Å²) >= 11 is 3.40. The third-order valence-corrected chi connectivity index (χ3v) is 7.23. The van der Waals surface area contributed by atoms with Crippen molar-refractivity contribution >= 4 is 48.7 Å². The first-order chi connectivity index (χ1) is 12.0.